The molecule has 0 fully saturated rings. The molecule has 0 saturated carbocycles. The van der Waals surface area contributed by atoms with Crippen molar-refractivity contribution in [1.82, 2.24) is 15.0 Å². The minimum absolute atomic E-state index is 0.181. The van der Waals surface area contributed by atoms with Gasteiger partial charge in [-0.25, -0.2) is 18.3 Å². The first kappa shape index (κ1) is 12.9. The molecule has 8 heteroatoms. The van der Waals surface area contributed by atoms with Gasteiger partial charge in [0.1, 0.15) is 17.3 Å². The molecule has 0 aliphatic carbocycles. The third-order valence-corrected chi connectivity index (χ3v) is 2.36. The molecule has 100 valence electrons. The second kappa shape index (κ2) is 5.42. The third kappa shape index (κ3) is 3.03. The van der Waals surface area contributed by atoms with E-state index >= 15 is 0 Å². The van der Waals surface area contributed by atoms with E-state index in [0.29, 0.717) is 0 Å². The van der Waals surface area contributed by atoms with Gasteiger partial charge in [-0.3, -0.25) is 0 Å². The molecule has 0 amide bonds. The van der Waals surface area contributed by atoms with Crippen molar-refractivity contribution in [3.8, 4) is 0 Å². The van der Waals surface area contributed by atoms with Gasteiger partial charge in [-0.05, 0) is 12.1 Å². The Hall–Kier alpha value is -2.51. The lowest BCUT2D eigenvalue weighted by molar-refractivity contribution is 0.0690. The number of para-hydroxylation sites is 1. The van der Waals surface area contributed by atoms with E-state index in [1.807, 2.05) is 0 Å². The lowest BCUT2D eigenvalue weighted by Crippen LogP contribution is -2.13. The van der Waals surface area contributed by atoms with Gasteiger partial charge in [0.15, 0.2) is 5.69 Å². The average molecular weight is 268 g/mol. The van der Waals surface area contributed by atoms with Crippen LogP contribution in [0.3, 0.4) is 0 Å². The molecule has 0 atom stereocenters. The second-order valence-electron chi connectivity index (χ2n) is 3.70. The monoisotopic (exact) mass is 268 g/mol. The summed E-state index contributed by atoms with van der Waals surface area (Å²) < 4.78 is 27.8. The number of aromatic carboxylic acids is 1. The van der Waals surface area contributed by atoms with Crippen molar-refractivity contribution < 1.29 is 18.7 Å². The van der Waals surface area contributed by atoms with Crippen LogP contribution in [-0.2, 0) is 6.54 Å². The summed E-state index contributed by atoms with van der Waals surface area (Å²) in [6.45, 7) is 0.411. The second-order valence-corrected chi connectivity index (χ2v) is 3.70. The smallest absolute Gasteiger partial charge is 0.358 e. The molecule has 6 nitrogen and oxygen atoms in total. The van der Waals surface area contributed by atoms with E-state index < -0.39 is 17.6 Å². The predicted molar refractivity (Wildman–Crippen MR) is 61.8 cm³/mol. The first-order valence-corrected chi connectivity index (χ1v) is 5.39. The Morgan fingerprint density at radius 1 is 1.37 bits per heavy atom. The quantitative estimate of drug-likeness (QED) is 0.856. The topological polar surface area (TPSA) is 80.0 Å². The third-order valence-electron chi connectivity index (χ3n) is 2.36. The van der Waals surface area contributed by atoms with E-state index in [1.165, 1.54) is 16.9 Å². The van der Waals surface area contributed by atoms with Gasteiger partial charge in [-0.2, -0.15) is 0 Å². The number of hydrogen-bond donors (Lipinski definition) is 2. The van der Waals surface area contributed by atoms with Gasteiger partial charge < -0.3 is 10.4 Å². The molecular weight excluding hydrogens is 258 g/mol. The normalized spacial score (nSPS) is 10.4. The summed E-state index contributed by atoms with van der Waals surface area (Å²) in [5.41, 5.74) is -0.404. The summed E-state index contributed by atoms with van der Waals surface area (Å²) in [5.74, 6) is -2.56. The number of anilines is 1. The molecule has 2 rings (SSSR count). The Labute approximate surface area is 106 Å². The Morgan fingerprint density at radius 2 is 2.05 bits per heavy atom. The molecule has 0 spiro atoms. The molecule has 1 aromatic heterocycles. The van der Waals surface area contributed by atoms with Crippen LogP contribution < -0.4 is 5.32 Å². The lowest BCUT2D eigenvalue weighted by Gasteiger charge is -2.08. The summed E-state index contributed by atoms with van der Waals surface area (Å²) in [6, 6.07) is 3.55. The van der Waals surface area contributed by atoms with E-state index in [2.05, 4.69) is 15.6 Å². The molecule has 0 radical (unpaired) electrons. The molecule has 1 aromatic carbocycles. The molecule has 2 N–H and O–H groups in total. The maximum Gasteiger partial charge on any atom is 0.358 e. The number of benzene rings is 1. The molecular formula is C11H10F2N4O2. The van der Waals surface area contributed by atoms with E-state index in [1.54, 1.807) is 0 Å². The summed E-state index contributed by atoms with van der Waals surface area (Å²) in [5, 5.41) is 18.2. The predicted octanol–water partition coefficient (Wildman–Crippen LogP) is 1.37. The zero-order chi connectivity index (χ0) is 13.8. The van der Waals surface area contributed by atoms with Crippen molar-refractivity contribution in [2.75, 3.05) is 11.9 Å². The molecule has 1 heterocycles. The highest BCUT2D eigenvalue weighted by Crippen LogP contribution is 2.17. The van der Waals surface area contributed by atoms with E-state index in [0.717, 1.165) is 12.1 Å². The maximum absolute atomic E-state index is 13.3. The van der Waals surface area contributed by atoms with Crippen LogP contribution in [0.5, 0.6) is 0 Å². The van der Waals surface area contributed by atoms with Crippen LogP contribution in [0.4, 0.5) is 14.5 Å². The van der Waals surface area contributed by atoms with Crippen LogP contribution in [0.2, 0.25) is 0 Å². The van der Waals surface area contributed by atoms with Crippen LogP contribution in [0.25, 0.3) is 0 Å². The van der Waals surface area contributed by atoms with Crippen molar-refractivity contribution >= 4 is 11.7 Å². The lowest BCUT2D eigenvalue weighted by atomic mass is 10.3. The molecule has 0 unspecified atom stereocenters. The molecule has 0 bridgehead atoms. The maximum atomic E-state index is 13.3. The van der Waals surface area contributed by atoms with Gasteiger partial charge in [-0.1, -0.05) is 11.3 Å². The summed E-state index contributed by atoms with van der Waals surface area (Å²) in [7, 11) is 0. The fraction of sp³-hybridized carbons (Fsp3) is 0.182. The molecule has 2 aromatic rings. The van der Waals surface area contributed by atoms with Gasteiger partial charge in [0.25, 0.3) is 0 Å². The number of hydrogen-bond acceptors (Lipinski definition) is 4. The molecule has 0 aliphatic rings. The molecule has 0 saturated heterocycles. The Bertz CT molecular complexity index is 580. The fourth-order valence-electron chi connectivity index (χ4n) is 1.47. The zero-order valence-corrected chi connectivity index (χ0v) is 9.68. The number of carboxylic acids is 1. The highest BCUT2D eigenvalue weighted by molar-refractivity contribution is 5.84. The first-order chi connectivity index (χ1) is 9.08. The SMILES string of the molecule is O=C(O)c1cn(CCNc2c(F)cccc2F)nn1. The van der Waals surface area contributed by atoms with Crippen molar-refractivity contribution in [1.29, 1.82) is 0 Å². The molecule has 19 heavy (non-hydrogen) atoms. The Balaban J connectivity index is 1.94. The van der Waals surface area contributed by atoms with E-state index in [-0.39, 0.29) is 24.5 Å². The van der Waals surface area contributed by atoms with E-state index in [4.69, 9.17) is 5.11 Å². The summed E-state index contributed by atoms with van der Waals surface area (Å²) >= 11 is 0. The Morgan fingerprint density at radius 3 is 2.63 bits per heavy atom. The number of carboxylic acid groups (broad SMARTS) is 1. The number of carbonyl (C=O) groups is 1. The summed E-state index contributed by atoms with van der Waals surface area (Å²) in [6.07, 6.45) is 1.24. The largest absolute Gasteiger partial charge is 0.476 e. The van der Waals surface area contributed by atoms with Crippen molar-refractivity contribution in [2.45, 2.75) is 6.54 Å². The van der Waals surface area contributed by atoms with Gasteiger partial charge in [-0.15, -0.1) is 5.10 Å². The van der Waals surface area contributed by atoms with Crippen LogP contribution >= 0.6 is 0 Å². The van der Waals surface area contributed by atoms with Crippen LogP contribution in [0, 0.1) is 11.6 Å². The minimum atomic E-state index is -1.18. The highest BCUT2D eigenvalue weighted by atomic mass is 19.1. The Kier molecular flexibility index (Phi) is 3.69. The minimum Gasteiger partial charge on any atom is -0.476 e. The van der Waals surface area contributed by atoms with Crippen molar-refractivity contribution in [3.63, 3.8) is 0 Å². The van der Waals surface area contributed by atoms with E-state index in [9.17, 15) is 13.6 Å². The summed E-state index contributed by atoms with van der Waals surface area (Å²) in [4.78, 5) is 10.6. The van der Waals surface area contributed by atoms with Gasteiger partial charge >= 0.3 is 5.97 Å². The number of nitrogens with one attached hydrogen (secondary N) is 1. The number of rotatable bonds is 5. The van der Waals surface area contributed by atoms with Crippen LogP contribution in [0.15, 0.2) is 24.4 Å². The van der Waals surface area contributed by atoms with Crippen molar-refractivity contribution in [2.24, 2.45) is 0 Å². The number of halogens is 2. The fourth-order valence-corrected chi connectivity index (χ4v) is 1.47. The average Bonchev–Trinajstić information content (AvgIpc) is 2.82. The number of aromatic nitrogens is 3. The zero-order valence-electron chi connectivity index (χ0n) is 9.68. The van der Waals surface area contributed by atoms with Gasteiger partial charge in [0.2, 0.25) is 0 Å². The highest BCUT2D eigenvalue weighted by Gasteiger charge is 2.09. The van der Waals surface area contributed by atoms with Crippen molar-refractivity contribution in [3.05, 3.63) is 41.7 Å². The number of nitrogens with zero attached hydrogens (tertiary/aromatic N) is 3. The first-order valence-electron chi connectivity index (χ1n) is 5.39. The van der Waals surface area contributed by atoms with Gasteiger partial charge in [0, 0.05) is 6.54 Å². The van der Waals surface area contributed by atoms with Crippen LogP contribution in [-0.4, -0.2) is 32.6 Å². The van der Waals surface area contributed by atoms with Crippen LogP contribution in [0.1, 0.15) is 10.5 Å². The standard InChI is InChI=1S/C11H10F2N4O2/c12-7-2-1-3-8(13)10(7)14-4-5-17-6-9(11(18)19)15-16-17/h1-3,6,14H,4-5H2,(H,18,19). The molecule has 0 aliphatic heterocycles. The van der Waals surface area contributed by atoms with Gasteiger partial charge in [0.05, 0.1) is 12.7 Å².